The van der Waals surface area contributed by atoms with Gasteiger partial charge in [-0.15, -0.1) is 0 Å². The number of amides is 2. The summed E-state index contributed by atoms with van der Waals surface area (Å²) in [7, 11) is 0. The first kappa shape index (κ1) is 19.2. The largest absolute Gasteiger partial charge is 0.457 e. The van der Waals surface area contributed by atoms with E-state index in [1.807, 2.05) is 60.7 Å². The van der Waals surface area contributed by atoms with E-state index in [2.05, 4.69) is 5.32 Å². The van der Waals surface area contributed by atoms with Crippen LogP contribution in [0.4, 0.5) is 5.69 Å². The van der Waals surface area contributed by atoms with E-state index in [1.54, 1.807) is 24.3 Å². The Morgan fingerprint density at radius 3 is 2.00 bits per heavy atom. The Bertz CT molecular complexity index is 910. The summed E-state index contributed by atoms with van der Waals surface area (Å²) in [6, 6.07) is 26.2. The van der Waals surface area contributed by atoms with Crippen LogP contribution in [0.2, 0.25) is 0 Å². The molecule has 0 atom stereocenters. The summed E-state index contributed by atoms with van der Waals surface area (Å²) in [5, 5.41) is 2.84. The third kappa shape index (κ3) is 5.45. The fourth-order valence-electron chi connectivity index (χ4n) is 2.70. The van der Waals surface area contributed by atoms with E-state index in [0.29, 0.717) is 18.0 Å². The van der Waals surface area contributed by atoms with Crippen LogP contribution in [0.15, 0.2) is 84.9 Å². The second-order valence-corrected chi connectivity index (χ2v) is 6.28. The molecule has 3 rings (SSSR count). The van der Waals surface area contributed by atoms with Gasteiger partial charge >= 0.3 is 0 Å². The Morgan fingerprint density at radius 1 is 0.821 bits per heavy atom. The molecule has 28 heavy (non-hydrogen) atoms. The molecule has 2 amide bonds. The van der Waals surface area contributed by atoms with Gasteiger partial charge in [0.2, 0.25) is 11.8 Å². The molecule has 1 N–H and O–H groups in total. The maximum atomic E-state index is 12.3. The second-order valence-electron chi connectivity index (χ2n) is 6.28. The van der Waals surface area contributed by atoms with Gasteiger partial charge < -0.3 is 15.0 Å². The molecule has 3 aromatic carbocycles. The lowest BCUT2D eigenvalue weighted by molar-refractivity contribution is -0.123. The average Bonchev–Trinajstić information content (AvgIpc) is 2.72. The third-order valence-electron chi connectivity index (χ3n) is 4.14. The number of carbonyl (C=O) groups excluding carboxylic acids is 2. The number of carbonyl (C=O) groups is 2. The van der Waals surface area contributed by atoms with Gasteiger partial charge in [-0.05, 0) is 42.0 Å². The van der Waals surface area contributed by atoms with Crippen LogP contribution in [-0.2, 0) is 16.1 Å². The Hall–Kier alpha value is -3.60. The van der Waals surface area contributed by atoms with Crippen molar-refractivity contribution in [1.29, 1.82) is 0 Å². The zero-order chi connectivity index (χ0) is 19.8. The summed E-state index contributed by atoms with van der Waals surface area (Å²) in [5.41, 5.74) is 1.65. The summed E-state index contributed by atoms with van der Waals surface area (Å²) in [4.78, 5) is 25.8. The molecule has 0 spiro atoms. The number of hydrogen-bond acceptors (Lipinski definition) is 3. The van der Waals surface area contributed by atoms with E-state index in [9.17, 15) is 9.59 Å². The average molecular weight is 374 g/mol. The lowest BCUT2D eigenvalue weighted by atomic mass is 10.2. The molecular weight excluding hydrogens is 352 g/mol. The molecule has 0 aromatic heterocycles. The van der Waals surface area contributed by atoms with Crippen molar-refractivity contribution in [3.63, 3.8) is 0 Å². The maximum Gasteiger partial charge on any atom is 0.240 e. The van der Waals surface area contributed by atoms with Gasteiger partial charge in [0.15, 0.2) is 0 Å². The monoisotopic (exact) mass is 374 g/mol. The normalized spacial score (nSPS) is 10.2. The Kier molecular flexibility index (Phi) is 6.41. The fraction of sp³-hybridized carbons (Fsp3) is 0.130. The van der Waals surface area contributed by atoms with Crippen molar-refractivity contribution in [3.8, 4) is 11.5 Å². The number of anilines is 1. The molecule has 0 aliphatic carbocycles. The van der Waals surface area contributed by atoms with Gasteiger partial charge in [-0.25, -0.2) is 0 Å². The number of nitrogens with zero attached hydrogens (tertiary/aromatic N) is 1. The maximum absolute atomic E-state index is 12.3. The van der Waals surface area contributed by atoms with Crippen LogP contribution in [0.3, 0.4) is 0 Å². The Morgan fingerprint density at radius 2 is 1.39 bits per heavy atom. The summed E-state index contributed by atoms with van der Waals surface area (Å²) in [6.07, 6.45) is 0. The number of ether oxygens (including phenoxy) is 1. The molecule has 0 fully saturated rings. The first-order valence-corrected chi connectivity index (χ1v) is 9.03. The minimum Gasteiger partial charge on any atom is -0.457 e. The minimum absolute atomic E-state index is 0.0406. The number of para-hydroxylation sites is 1. The molecule has 0 unspecified atom stereocenters. The quantitative estimate of drug-likeness (QED) is 0.676. The van der Waals surface area contributed by atoms with Gasteiger partial charge in [0.05, 0.1) is 0 Å². The molecule has 5 nitrogen and oxygen atoms in total. The molecule has 0 saturated heterocycles. The predicted octanol–water partition coefficient (Wildman–Crippen LogP) is 4.15. The van der Waals surface area contributed by atoms with E-state index in [4.69, 9.17) is 4.74 Å². The van der Waals surface area contributed by atoms with Crippen molar-refractivity contribution in [1.82, 2.24) is 5.32 Å². The predicted molar refractivity (Wildman–Crippen MR) is 109 cm³/mol. The van der Waals surface area contributed by atoms with E-state index in [1.165, 1.54) is 11.8 Å². The first-order valence-electron chi connectivity index (χ1n) is 9.03. The molecule has 0 aliphatic heterocycles. The molecular formula is C23H22N2O3. The molecule has 0 saturated carbocycles. The first-order chi connectivity index (χ1) is 13.6. The highest BCUT2D eigenvalue weighted by atomic mass is 16.5. The van der Waals surface area contributed by atoms with Gasteiger partial charge in [0.1, 0.15) is 18.0 Å². The lowest BCUT2D eigenvalue weighted by Crippen LogP contribution is -2.39. The lowest BCUT2D eigenvalue weighted by Gasteiger charge is -2.21. The number of benzene rings is 3. The fourth-order valence-corrected chi connectivity index (χ4v) is 2.70. The summed E-state index contributed by atoms with van der Waals surface area (Å²) < 4.78 is 5.76. The van der Waals surface area contributed by atoms with Crippen LogP contribution in [-0.4, -0.2) is 18.4 Å². The summed E-state index contributed by atoms with van der Waals surface area (Å²) >= 11 is 0. The third-order valence-corrected chi connectivity index (χ3v) is 4.14. The van der Waals surface area contributed by atoms with Crippen LogP contribution in [0, 0.1) is 0 Å². The molecule has 5 heteroatoms. The summed E-state index contributed by atoms with van der Waals surface area (Å²) in [6.45, 7) is 1.83. The Balaban J connectivity index is 1.61. The second kappa shape index (κ2) is 9.37. The Labute approximate surface area is 164 Å². The molecule has 0 heterocycles. The number of nitrogens with one attached hydrogen (secondary N) is 1. The van der Waals surface area contributed by atoms with Gasteiger partial charge in [0.25, 0.3) is 0 Å². The zero-order valence-electron chi connectivity index (χ0n) is 15.7. The minimum atomic E-state index is -0.219. The van der Waals surface area contributed by atoms with Crippen molar-refractivity contribution in [2.45, 2.75) is 13.5 Å². The highest BCUT2D eigenvalue weighted by molar-refractivity contribution is 5.97. The van der Waals surface area contributed by atoms with Crippen molar-refractivity contribution in [2.24, 2.45) is 0 Å². The molecule has 142 valence electrons. The van der Waals surface area contributed by atoms with Crippen molar-refractivity contribution >= 4 is 17.5 Å². The van der Waals surface area contributed by atoms with Crippen LogP contribution >= 0.6 is 0 Å². The van der Waals surface area contributed by atoms with E-state index in [-0.39, 0.29) is 18.4 Å². The van der Waals surface area contributed by atoms with E-state index >= 15 is 0 Å². The number of hydrogen-bond donors (Lipinski definition) is 1. The van der Waals surface area contributed by atoms with E-state index in [0.717, 1.165) is 11.3 Å². The van der Waals surface area contributed by atoms with Gasteiger partial charge in [-0.2, -0.15) is 0 Å². The highest BCUT2D eigenvalue weighted by Crippen LogP contribution is 2.24. The van der Waals surface area contributed by atoms with Crippen molar-refractivity contribution < 1.29 is 14.3 Å². The standard InChI is InChI=1S/C23H22N2O3/c1-18(26)25(17-23(27)24-16-19-8-4-2-5-9-19)20-12-14-22(15-13-20)28-21-10-6-3-7-11-21/h2-15H,16-17H2,1H3,(H,24,27). The zero-order valence-corrected chi connectivity index (χ0v) is 15.7. The molecule has 3 aromatic rings. The topological polar surface area (TPSA) is 58.6 Å². The van der Waals surface area contributed by atoms with Crippen LogP contribution in [0.5, 0.6) is 11.5 Å². The summed E-state index contributed by atoms with van der Waals surface area (Å²) in [5.74, 6) is 0.973. The SMILES string of the molecule is CC(=O)N(CC(=O)NCc1ccccc1)c1ccc(Oc2ccccc2)cc1. The van der Waals surface area contributed by atoms with Crippen molar-refractivity contribution in [2.75, 3.05) is 11.4 Å². The molecule has 0 aliphatic rings. The molecule has 0 bridgehead atoms. The van der Waals surface area contributed by atoms with Crippen molar-refractivity contribution in [3.05, 3.63) is 90.5 Å². The van der Waals surface area contributed by atoms with Gasteiger partial charge in [0, 0.05) is 19.2 Å². The van der Waals surface area contributed by atoms with Crippen LogP contribution in [0.1, 0.15) is 12.5 Å². The van der Waals surface area contributed by atoms with E-state index < -0.39 is 0 Å². The van der Waals surface area contributed by atoms with Crippen LogP contribution < -0.4 is 15.0 Å². The molecule has 0 radical (unpaired) electrons. The smallest absolute Gasteiger partial charge is 0.240 e. The van der Waals surface area contributed by atoms with Crippen LogP contribution in [0.25, 0.3) is 0 Å². The highest BCUT2D eigenvalue weighted by Gasteiger charge is 2.16. The van der Waals surface area contributed by atoms with Gasteiger partial charge in [-0.1, -0.05) is 48.5 Å². The van der Waals surface area contributed by atoms with Gasteiger partial charge in [-0.3, -0.25) is 9.59 Å². The number of rotatable bonds is 7.